The molecule has 0 atom stereocenters. The molecule has 0 bridgehead atoms. The molecule has 5 heteroatoms. The molecule has 0 unspecified atom stereocenters. The van der Waals surface area contributed by atoms with Crippen LogP contribution in [0, 0.1) is 11.3 Å². The normalized spacial score (nSPS) is 9.06. The smallest absolute Gasteiger partial charge is 0.343 e. The number of hydrogen-bond acceptors (Lipinski definition) is 5. The second-order valence-electron chi connectivity index (χ2n) is 2.83. The van der Waals surface area contributed by atoms with E-state index in [1.807, 2.05) is 6.07 Å². The van der Waals surface area contributed by atoms with Gasteiger partial charge in [0.2, 0.25) is 0 Å². The third-order valence-corrected chi connectivity index (χ3v) is 2.03. The number of carbonyl (C=O) groups is 2. The zero-order valence-corrected chi connectivity index (χ0v) is 8.81. The lowest BCUT2D eigenvalue weighted by Crippen LogP contribution is -2.08. The molecule has 0 radical (unpaired) electrons. The van der Waals surface area contributed by atoms with Crippen LogP contribution in [0.15, 0.2) is 12.1 Å². The molecule has 0 aromatic heterocycles. The number of nitrogens with zero attached hydrogens (tertiary/aromatic N) is 1. The van der Waals surface area contributed by atoms with Crippen molar-refractivity contribution in [2.45, 2.75) is 0 Å². The highest BCUT2D eigenvalue weighted by atomic mass is 16.5. The van der Waals surface area contributed by atoms with Crippen LogP contribution < -0.4 is 4.74 Å². The quantitative estimate of drug-likeness (QED) is 0.563. The van der Waals surface area contributed by atoms with Crippen molar-refractivity contribution in [1.29, 1.82) is 5.26 Å². The number of aldehydes is 1. The van der Waals surface area contributed by atoms with E-state index in [0.29, 0.717) is 6.29 Å². The molecule has 82 valence electrons. The fourth-order valence-electron chi connectivity index (χ4n) is 1.31. The van der Waals surface area contributed by atoms with Crippen LogP contribution in [0.2, 0.25) is 0 Å². The van der Waals surface area contributed by atoms with Gasteiger partial charge < -0.3 is 9.47 Å². The molecule has 1 aromatic carbocycles. The lowest BCUT2D eigenvalue weighted by molar-refractivity contribution is 0.0596. The van der Waals surface area contributed by atoms with E-state index in [-0.39, 0.29) is 22.4 Å². The zero-order chi connectivity index (χ0) is 12.1. The van der Waals surface area contributed by atoms with Crippen LogP contribution in [0.5, 0.6) is 5.75 Å². The van der Waals surface area contributed by atoms with Crippen molar-refractivity contribution in [3.05, 3.63) is 28.8 Å². The molecule has 5 nitrogen and oxygen atoms in total. The summed E-state index contributed by atoms with van der Waals surface area (Å²) in [6, 6.07) is 4.63. The van der Waals surface area contributed by atoms with Crippen molar-refractivity contribution in [2.24, 2.45) is 0 Å². The maximum absolute atomic E-state index is 11.5. The van der Waals surface area contributed by atoms with Crippen molar-refractivity contribution in [3.8, 4) is 11.8 Å². The Morgan fingerprint density at radius 1 is 1.44 bits per heavy atom. The summed E-state index contributed by atoms with van der Waals surface area (Å²) >= 11 is 0. The molecule has 0 saturated carbocycles. The summed E-state index contributed by atoms with van der Waals surface area (Å²) in [6.07, 6.45) is 0.548. The molecule has 0 aliphatic rings. The fraction of sp³-hybridized carbons (Fsp3) is 0.182. The van der Waals surface area contributed by atoms with Gasteiger partial charge in [0.15, 0.2) is 6.29 Å². The van der Waals surface area contributed by atoms with Gasteiger partial charge in [-0.05, 0) is 12.1 Å². The Kier molecular flexibility index (Phi) is 3.62. The highest BCUT2D eigenvalue weighted by Gasteiger charge is 2.21. The molecule has 0 fully saturated rings. The summed E-state index contributed by atoms with van der Waals surface area (Å²) in [5.74, 6) is -0.655. The number of ether oxygens (including phenoxy) is 2. The van der Waals surface area contributed by atoms with Crippen LogP contribution in [-0.2, 0) is 4.74 Å². The largest absolute Gasteiger partial charge is 0.495 e. The van der Waals surface area contributed by atoms with Crippen LogP contribution in [0.1, 0.15) is 26.3 Å². The minimum absolute atomic E-state index is 0.0305. The van der Waals surface area contributed by atoms with E-state index in [2.05, 4.69) is 4.74 Å². The average molecular weight is 219 g/mol. The van der Waals surface area contributed by atoms with Crippen LogP contribution in [0.3, 0.4) is 0 Å². The molecule has 16 heavy (non-hydrogen) atoms. The Morgan fingerprint density at radius 2 is 2.12 bits per heavy atom. The Labute approximate surface area is 92.2 Å². The van der Waals surface area contributed by atoms with Crippen molar-refractivity contribution in [3.63, 3.8) is 0 Å². The topological polar surface area (TPSA) is 76.4 Å². The lowest BCUT2D eigenvalue weighted by atomic mass is 10.0. The van der Waals surface area contributed by atoms with E-state index < -0.39 is 5.97 Å². The van der Waals surface area contributed by atoms with E-state index >= 15 is 0 Å². The number of esters is 1. The van der Waals surface area contributed by atoms with Gasteiger partial charge in [-0.15, -0.1) is 0 Å². The lowest BCUT2D eigenvalue weighted by Gasteiger charge is -2.10. The van der Waals surface area contributed by atoms with E-state index in [1.54, 1.807) is 0 Å². The van der Waals surface area contributed by atoms with Gasteiger partial charge in [0.1, 0.15) is 17.4 Å². The van der Waals surface area contributed by atoms with Gasteiger partial charge in [0.25, 0.3) is 0 Å². The van der Waals surface area contributed by atoms with Gasteiger partial charge >= 0.3 is 5.97 Å². The molecule has 0 heterocycles. The second-order valence-corrected chi connectivity index (χ2v) is 2.83. The van der Waals surface area contributed by atoms with Gasteiger partial charge in [-0.1, -0.05) is 0 Å². The van der Waals surface area contributed by atoms with E-state index in [4.69, 9.17) is 10.00 Å². The predicted molar refractivity (Wildman–Crippen MR) is 54.4 cm³/mol. The van der Waals surface area contributed by atoms with Crippen LogP contribution in [0.4, 0.5) is 0 Å². The SMILES string of the molecule is COC(=O)c1c(C#N)ccc(C=O)c1OC. The zero-order valence-electron chi connectivity index (χ0n) is 8.81. The van der Waals surface area contributed by atoms with Crippen molar-refractivity contribution < 1.29 is 19.1 Å². The summed E-state index contributed by atoms with van der Waals surface area (Å²) in [4.78, 5) is 22.2. The number of methoxy groups -OCH3 is 2. The highest BCUT2D eigenvalue weighted by Crippen LogP contribution is 2.26. The van der Waals surface area contributed by atoms with Gasteiger partial charge in [-0.25, -0.2) is 4.79 Å². The van der Waals surface area contributed by atoms with Crippen molar-refractivity contribution in [2.75, 3.05) is 14.2 Å². The second kappa shape index (κ2) is 4.94. The summed E-state index contributed by atoms with van der Waals surface area (Å²) in [5, 5.41) is 8.84. The van der Waals surface area contributed by atoms with Gasteiger partial charge in [-0.2, -0.15) is 5.26 Å². The Bertz CT molecular complexity index is 474. The van der Waals surface area contributed by atoms with Gasteiger partial charge in [0, 0.05) is 0 Å². The molecule has 0 N–H and O–H groups in total. The first kappa shape index (κ1) is 11.7. The molecular weight excluding hydrogens is 210 g/mol. The highest BCUT2D eigenvalue weighted by molar-refractivity contribution is 5.98. The molecule has 0 aliphatic carbocycles. The van der Waals surface area contributed by atoms with E-state index in [9.17, 15) is 9.59 Å². The van der Waals surface area contributed by atoms with Crippen LogP contribution >= 0.6 is 0 Å². The summed E-state index contributed by atoms with van der Waals surface area (Å²) in [7, 11) is 2.51. The van der Waals surface area contributed by atoms with Crippen molar-refractivity contribution >= 4 is 12.3 Å². The number of benzene rings is 1. The standard InChI is InChI=1S/C11H9NO4/c1-15-10-8(6-13)4-3-7(5-12)9(10)11(14)16-2/h3-4,6H,1-2H3. The molecule has 0 amide bonds. The van der Waals surface area contributed by atoms with Crippen molar-refractivity contribution in [1.82, 2.24) is 0 Å². The molecule has 0 aliphatic heterocycles. The predicted octanol–water partition coefficient (Wildman–Crippen LogP) is 1.17. The third kappa shape index (κ3) is 1.86. The average Bonchev–Trinajstić information content (AvgIpc) is 2.35. The monoisotopic (exact) mass is 219 g/mol. The summed E-state index contributed by atoms with van der Waals surface area (Å²) in [5.41, 5.74) is 0.272. The molecule has 1 aromatic rings. The number of hydrogen-bond donors (Lipinski definition) is 0. The molecule has 0 spiro atoms. The first-order valence-corrected chi connectivity index (χ1v) is 4.34. The first-order valence-electron chi connectivity index (χ1n) is 4.34. The molecule has 0 saturated heterocycles. The maximum Gasteiger partial charge on any atom is 0.343 e. The van der Waals surface area contributed by atoms with Gasteiger partial charge in [0.05, 0.1) is 25.3 Å². The number of nitriles is 1. The third-order valence-electron chi connectivity index (χ3n) is 2.03. The summed E-state index contributed by atoms with van der Waals surface area (Å²) in [6.45, 7) is 0. The maximum atomic E-state index is 11.5. The first-order chi connectivity index (χ1) is 7.69. The van der Waals surface area contributed by atoms with E-state index in [1.165, 1.54) is 26.4 Å². The minimum Gasteiger partial charge on any atom is -0.495 e. The minimum atomic E-state index is -0.711. The van der Waals surface area contributed by atoms with Crippen LogP contribution in [0.25, 0.3) is 0 Å². The Morgan fingerprint density at radius 3 is 2.56 bits per heavy atom. The molecule has 1 rings (SSSR count). The molecular formula is C11H9NO4. The Hall–Kier alpha value is -2.35. The summed E-state index contributed by atoms with van der Waals surface area (Å²) < 4.78 is 9.48. The number of rotatable bonds is 3. The van der Waals surface area contributed by atoms with E-state index in [0.717, 1.165) is 0 Å². The fourth-order valence-corrected chi connectivity index (χ4v) is 1.31. The Balaban J connectivity index is 3.56. The van der Waals surface area contributed by atoms with Gasteiger partial charge in [-0.3, -0.25) is 4.79 Å². The number of carbonyl (C=O) groups excluding carboxylic acids is 2. The van der Waals surface area contributed by atoms with Crippen LogP contribution in [-0.4, -0.2) is 26.5 Å².